The number of anilines is 1. The zero-order valence-corrected chi connectivity index (χ0v) is 13.0. The Labute approximate surface area is 130 Å². The van der Waals surface area contributed by atoms with Crippen LogP contribution in [0.5, 0.6) is 5.75 Å². The van der Waals surface area contributed by atoms with E-state index in [1.165, 1.54) is 25.3 Å². The summed E-state index contributed by atoms with van der Waals surface area (Å²) in [6.07, 6.45) is 0. The van der Waals surface area contributed by atoms with Crippen molar-refractivity contribution in [3.63, 3.8) is 0 Å². The largest absolute Gasteiger partial charge is 0.494 e. The van der Waals surface area contributed by atoms with Gasteiger partial charge in [0.25, 0.3) is 0 Å². The molecule has 3 N–H and O–H groups in total. The van der Waals surface area contributed by atoms with Gasteiger partial charge in [-0.3, -0.25) is 0 Å². The first-order valence-corrected chi connectivity index (χ1v) is 7.09. The van der Waals surface area contributed by atoms with Crippen molar-refractivity contribution in [2.45, 2.75) is 6.04 Å². The normalized spacial score (nSPS) is 12.0. The molecule has 112 valence electrons. The van der Waals surface area contributed by atoms with E-state index >= 15 is 0 Å². The van der Waals surface area contributed by atoms with Crippen molar-refractivity contribution in [1.82, 2.24) is 0 Å². The van der Waals surface area contributed by atoms with Crippen molar-refractivity contribution in [3.8, 4) is 5.75 Å². The van der Waals surface area contributed by atoms with Gasteiger partial charge in [0.05, 0.1) is 17.6 Å². The van der Waals surface area contributed by atoms with Gasteiger partial charge in [-0.1, -0.05) is 6.07 Å². The summed E-state index contributed by atoms with van der Waals surface area (Å²) in [5, 5.41) is 3.14. The molecule has 0 heterocycles. The molecule has 0 aliphatic rings. The van der Waals surface area contributed by atoms with E-state index in [4.69, 9.17) is 10.5 Å². The average Bonchev–Trinajstić information content (AvgIpc) is 2.49. The molecule has 0 aliphatic heterocycles. The summed E-state index contributed by atoms with van der Waals surface area (Å²) < 4.78 is 32.3. The number of nitrogens with one attached hydrogen (secondary N) is 1. The number of halogens is 3. The third-order valence-electron chi connectivity index (χ3n) is 3.07. The number of ether oxygens (including phenoxy) is 1. The molecule has 0 aromatic heterocycles. The van der Waals surface area contributed by atoms with Crippen LogP contribution in [0.1, 0.15) is 11.6 Å². The van der Waals surface area contributed by atoms with Gasteiger partial charge in [0.1, 0.15) is 5.82 Å². The minimum Gasteiger partial charge on any atom is -0.494 e. The third-order valence-corrected chi connectivity index (χ3v) is 3.72. The number of benzene rings is 2. The van der Waals surface area contributed by atoms with Crippen molar-refractivity contribution in [1.29, 1.82) is 0 Å². The van der Waals surface area contributed by atoms with Gasteiger partial charge in [-0.05, 0) is 45.8 Å². The highest BCUT2D eigenvalue weighted by atomic mass is 79.9. The zero-order chi connectivity index (χ0) is 15.4. The monoisotopic (exact) mass is 356 g/mol. The fourth-order valence-corrected chi connectivity index (χ4v) is 2.20. The molecule has 3 nitrogen and oxygen atoms in total. The Morgan fingerprint density at radius 3 is 2.57 bits per heavy atom. The molecule has 0 saturated heterocycles. The Kier molecular flexibility index (Phi) is 5.14. The van der Waals surface area contributed by atoms with Gasteiger partial charge in [-0.25, -0.2) is 8.78 Å². The van der Waals surface area contributed by atoms with Crippen LogP contribution in [0.4, 0.5) is 14.5 Å². The molecule has 0 bridgehead atoms. The van der Waals surface area contributed by atoms with Crippen molar-refractivity contribution in [2.75, 3.05) is 19.0 Å². The lowest BCUT2D eigenvalue weighted by Crippen LogP contribution is -2.20. The summed E-state index contributed by atoms with van der Waals surface area (Å²) in [7, 11) is 1.40. The Hall–Kier alpha value is -1.66. The van der Waals surface area contributed by atoms with E-state index in [1.54, 1.807) is 18.2 Å². The maximum absolute atomic E-state index is 13.6. The second-order valence-corrected chi connectivity index (χ2v) is 5.31. The predicted molar refractivity (Wildman–Crippen MR) is 82.5 cm³/mol. The molecular weight excluding hydrogens is 342 g/mol. The van der Waals surface area contributed by atoms with Crippen molar-refractivity contribution in [2.24, 2.45) is 5.73 Å². The van der Waals surface area contributed by atoms with Gasteiger partial charge in [0, 0.05) is 18.3 Å². The Bertz CT molecular complexity index is 637. The van der Waals surface area contributed by atoms with E-state index < -0.39 is 5.82 Å². The van der Waals surface area contributed by atoms with Crippen LogP contribution in [0.25, 0.3) is 0 Å². The Morgan fingerprint density at radius 1 is 1.19 bits per heavy atom. The van der Waals surface area contributed by atoms with E-state index in [0.29, 0.717) is 15.7 Å². The van der Waals surface area contributed by atoms with Crippen molar-refractivity contribution < 1.29 is 13.5 Å². The highest BCUT2D eigenvalue weighted by Crippen LogP contribution is 2.26. The second-order valence-electron chi connectivity index (χ2n) is 4.46. The van der Waals surface area contributed by atoms with Gasteiger partial charge in [-0.2, -0.15) is 0 Å². The summed E-state index contributed by atoms with van der Waals surface area (Å²) in [6, 6.07) is 8.94. The fraction of sp³-hybridized carbons (Fsp3) is 0.200. The molecular formula is C15H15BrF2N2O. The van der Waals surface area contributed by atoms with Crippen molar-refractivity contribution in [3.05, 3.63) is 58.1 Å². The topological polar surface area (TPSA) is 47.3 Å². The first-order valence-electron chi connectivity index (χ1n) is 6.30. The van der Waals surface area contributed by atoms with Crippen LogP contribution in [0.3, 0.4) is 0 Å². The standard InChI is InChI=1S/C15H15BrF2N2O/c1-21-15-7-10(3-5-12(15)17)20-14(8-19)9-2-4-11(16)13(18)6-9/h2-7,14,20H,8,19H2,1H3. The molecule has 1 atom stereocenters. The summed E-state index contributed by atoms with van der Waals surface area (Å²) in [5.41, 5.74) is 7.09. The quantitative estimate of drug-likeness (QED) is 0.855. The highest BCUT2D eigenvalue weighted by molar-refractivity contribution is 9.10. The van der Waals surface area contributed by atoms with E-state index in [9.17, 15) is 8.78 Å². The van der Waals surface area contributed by atoms with Gasteiger partial charge in [-0.15, -0.1) is 0 Å². The number of rotatable bonds is 5. The Balaban J connectivity index is 2.24. The molecule has 0 amide bonds. The zero-order valence-electron chi connectivity index (χ0n) is 11.4. The van der Waals surface area contributed by atoms with Crippen LogP contribution in [0.2, 0.25) is 0 Å². The molecule has 2 aromatic carbocycles. The molecule has 0 aliphatic carbocycles. The number of hydrogen-bond acceptors (Lipinski definition) is 3. The lowest BCUT2D eigenvalue weighted by atomic mass is 10.1. The number of methoxy groups -OCH3 is 1. The first kappa shape index (κ1) is 15.7. The summed E-state index contributed by atoms with van der Waals surface area (Å²) in [4.78, 5) is 0. The molecule has 0 radical (unpaired) electrons. The third kappa shape index (κ3) is 3.71. The first-order chi connectivity index (χ1) is 10.0. The minimum atomic E-state index is -0.443. The van der Waals surface area contributed by atoms with Crippen LogP contribution < -0.4 is 15.8 Å². The lowest BCUT2D eigenvalue weighted by Gasteiger charge is -2.19. The smallest absolute Gasteiger partial charge is 0.165 e. The molecule has 0 fully saturated rings. The van der Waals surface area contributed by atoms with E-state index in [2.05, 4.69) is 21.2 Å². The SMILES string of the molecule is COc1cc(NC(CN)c2ccc(Br)c(F)c2)ccc1F. The molecule has 2 rings (SSSR count). The van der Waals surface area contributed by atoms with Crippen LogP contribution in [-0.2, 0) is 0 Å². The number of hydrogen-bond donors (Lipinski definition) is 2. The maximum Gasteiger partial charge on any atom is 0.165 e. The molecule has 0 spiro atoms. The van der Waals surface area contributed by atoms with Gasteiger partial charge in [0.15, 0.2) is 11.6 Å². The van der Waals surface area contributed by atoms with E-state index in [1.807, 2.05) is 0 Å². The lowest BCUT2D eigenvalue weighted by molar-refractivity contribution is 0.386. The molecule has 0 saturated carbocycles. The van der Waals surface area contributed by atoms with Gasteiger partial charge < -0.3 is 15.8 Å². The van der Waals surface area contributed by atoms with Gasteiger partial charge >= 0.3 is 0 Å². The van der Waals surface area contributed by atoms with Crippen LogP contribution in [0.15, 0.2) is 40.9 Å². The maximum atomic E-state index is 13.6. The second kappa shape index (κ2) is 6.87. The molecule has 6 heteroatoms. The summed E-state index contributed by atoms with van der Waals surface area (Å²) in [5.74, 6) is -0.663. The average molecular weight is 357 g/mol. The van der Waals surface area contributed by atoms with E-state index in [0.717, 1.165) is 0 Å². The van der Waals surface area contributed by atoms with Gasteiger partial charge in [0.2, 0.25) is 0 Å². The predicted octanol–water partition coefficient (Wildman–Crippen LogP) is 3.85. The van der Waals surface area contributed by atoms with Crippen molar-refractivity contribution >= 4 is 21.6 Å². The van der Waals surface area contributed by atoms with Crippen LogP contribution in [0, 0.1) is 11.6 Å². The van der Waals surface area contributed by atoms with E-state index in [-0.39, 0.29) is 24.2 Å². The molecule has 2 aromatic rings. The minimum absolute atomic E-state index is 0.137. The summed E-state index contributed by atoms with van der Waals surface area (Å²) >= 11 is 3.11. The van der Waals surface area contributed by atoms with Crippen LogP contribution in [-0.4, -0.2) is 13.7 Å². The molecule has 1 unspecified atom stereocenters. The van der Waals surface area contributed by atoms with Crippen LogP contribution >= 0.6 is 15.9 Å². The highest BCUT2D eigenvalue weighted by Gasteiger charge is 2.13. The summed E-state index contributed by atoms with van der Waals surface area (Å²) in [6.45, 7) is 0.265. The number of nitrogens with two attached hydrogens (primary N) is 1. The fourth-order valence-electron chi connectivity index (χ4n) is 1.96. The molecule has 21 heavy (non-hydrogen) atoms. The Morgan fingerprint density at radius 2 is 1.95 bits per heavy atom.